The van der Waals surface area contributed by atoms with E-state index >= 15 is 0 Å². The molecule has 1 heterocycles. The van der Waals surface area contributed by atoms with Crippen LogP contribution in [0.5, 0.6) is 0 Å². The van der Waals surface area contributed by atoms with E-state index < -0.39 is 0 Å². The third-order valence-corrected chi connectivity index (χ3v) is 5.96. The van der Waals surface area contributed by atoms with Gasteiger partial charge in [0.1, 0.15) is 12.4 Å². The van der Waals surface area contributed by atoms with Crippen LogP contribution < -0.4 is 4.57 Å². The Labute approximate surface area is 177 Å². The van der Waals surface area contributed by atoms with Crippen LogP contribution in [0, 0.1) is 5.92 Å². The van der Waals surface area contributed by atoms with Gasteiger partial charge in [0, 0.05) is 0 Å². The highest BCUT2D eigenvalue weighted by molar-refractivity contribution is 4.66. The normalized spacial score (nSPS) is 11.6. The Hall–Kier alpha value is -0.790. The highest BCUT2D eigenvalue weighted by atomic mass is 15.1. The van der Waals surface area contributed by atoms with E-state index in [0.717, 1.165) is 5.92 Å². The summed E-state index contributed by atoms with van der Waals surface area (Å²) in [6, 6.07) is 0. The second-order valence-corrected chi connectivity index (χ2v) is 9.38. The number of unbranched alkanes of at least 4 members (excludes halogenated alkanes) is 14. The summed E-state index contributed by atoms with van der Waals surface area (Å²) in [7, 11) is 0. The number of hydrogen-bond acceptors (Lipinski definition) is 0. The Morgan fingerprint density at radius 3 is 1.82 bits per heavy atom. The quantitative estimate of drug-likeness (QED) is 0.157. The molecule has 1 rings (SSSR count). The van der Waals surface area contributed by atoms with E-state index in [9.17, 15) is 0 Å². The highest BCUT2D eigenvalue weighted by Crippen LogP contribution is 2.13. The lowest BCUT2D eigenvalue weighted by molar-refractivity contribution is -0.696. The molecule has 2 nitrogen and oxygen atoms in total. The van der Waals surface area contributed by atoms with Gasteiger partial charge in [-0.05, 0) is 31.6 Å². The van der Waals surface area contributed by atoms with Gasteiger partial charge in [0.2, 0.25) is 6.33 Å². The number of hydrogen-bond donors (Lipinski definition) is 0. The molecule has 164 valence electrons. The van der Waals surface area contributed by atoms with Crippen LogP contribution in [0.25, 0.3) is 0 Å². The number of imidazole rings is 1. The molecular formula is C26H51N2+. The lowest BCUT2D eigenvalue weighted by Crippen LogP contribution is -2.30. The molecular weight excluding hydrogens is 340 g/mol. The summed E-state index contributed by atoms with van der Waals surface area (Å²) in [6.45, 7) is 9.35. The zero-order valence-corrected chi connectivity index (χ0v) is 19.6. The minimum absolute atomic E-state index is 0.886. The molecule has 1 aromatic heterocycles. The summed E-state index contributed by atoms with van der Waals surface area (Å²) in [4.78, 5) is 0. The molecule has 0 aromatic carbocycles. The number of rotatable bonds is 20. The van der Waals surface area contributed by atoms with Crippen LogP contribution in [0.3, 0.4) is 0 Å². The number of nitrogens with zero attached hydrogens (tertiary/aromatic N) is 2. The molecule has 0 fully saturated rings. The van der Waals surface area contributed by atoms with Crippen LogP contribution in [0.4, 0.5) is 0 Å². The van der Waals surface area contributed by atoms with Crippen LogP contribution in [-0.4, -0.2) is 4.57 Å². The van der Waals surface area contributed by atoms with Crippen molar-refractivity contribution in [1.82, 2.24) is 4.57 Å². The van der Waals surface area contributed by atoms with Crippen LogP contribution in [0.15, 0.2) is 18.7 Å². The molecule has 0 saturated heterocycles. The maximum atomic E-state index is 2.38. The largest absolute Gasteiger partial charge is 0.243 e. The number of aryl methyl sites for hydroxylation is 2. The van der Waals surface area contributed by atoms with Crippen molar-refractivity contribution in [2.45, 2.75) is 143 Å². The average Bonchev–Trinajstić information content (AvgIpc) is 3.13. The van der Waals surface area contributed by atoms with Gasteiger partial charge in [0.25, 0.3) is 0 Å². The van der Waals surface area contributed by atoms with E-state index in [0.29, 0.717) is 0 Å². The smallest absolute Gasteiger partial charge is 0.237 e. The summed E-state index contributed by atoms with van der Waals surface area (Å²) in [5, 5.41) is 0. The zero-order chi connectivity index (χ0) is 20.3. The maximum absolute atomic E-state index is 2.38. The van der Waals surface area contributed by atoms with E-state index in [1.54, 1.807) is 0 Å². The Morgan fingerprint density at radius 1 is 0.679 bits per heavy atom. The molecule has 0 unspecified atom stereocenters. The van der Waals surface area contributed by atoms with Crippen LogP contribution in [0.2, 0.25) is 0 Å². The van der Waals surface area contributed by atoms with Crippen molar-refractivity contribution in [3.05, 3.63) is 18.7 Å². The predicted octanol–water partition coefficient (Wildman–Crippen LogP) is 8.08. The van der Waals surface area contributed by atoms with E-state index in [4.69, 9.17) is 0 Å². The highest BCUT2D eigenvalue weighted by Gasteiger charge is 2.03. The summed E-state index contributed by atoms with van der Waals surface area (Å²) in [5.74, 6) is 0.886. The Kier molecular flexibility index (Phi) is 16.5. The van der Waals surface area contributed by atoms with Gasteiger partial charge in [-0.3, -0.25) is 0 Å². The maximum Gasteiger partial charge on any atom is 0.243 e. The van der Waals surface area contributed by atoms with Crippen molar-refractivity contribution in [2.75, 3.05) is 0 Å². The molecule has 0 N–H and O–H groups in total. The fraction of sp³-hybridized carbons (Fsp3) is 0.885. The monoisotopic (exact) mass is 391 g/mol. The second-order valence-electron chi connectivity index (χ2n) is 9.38. The molecule has 0 amide bonds. The van der Waals surface area contributed by atoms with E-state index in [-0.39, 0.29) is 0 Å². The molecule has 1 aromatic rings. The lowest BCUT2D eigenvalue weighted by atomic mass is 10.0. The second kappa shape index (κ2) is 18.3. The summed E-state index contributed by atoms with van der Waals surface area (Å²) < 4.78 is 4.76. The van der Waals surface area contributed by atoms with Crippen molar-refractivity contribution < 1.29 is 4.57 Å². The van der Waals surface area contributed by atoms with Crippen LogP contribution in [-0.2, 0) is 13.1 Å². The van der Waals surface area contributed by atoms with Crippen LogP contribution in [0.1, 0.15) is 130 Å². The molecule has 0 atom stereocenters. The molecule has 0 aliphatic rings. The lowest BCUT2D eigenvalue weighted by Gasteiger charge is -2.04. The Balaban J connectivity index is 1.87. The third kappa shape index (κ3) is 15.2. The molecule has 0 spiro atoms. The van der Waals surface area contributed by atoms with Gasteiger partial charge >= 0.3 is 0 Å². The molecule has 0 aliphatic carbocycles. The van der Waals surface area contributed by atoms with Crippen molar-refractivity contribution in [3.8, 4) is 0 Å². The molecule has 0 aliphatic heterocycles. The first-order valence-corrected chi connectivity index (χ1v) is 12.8. The van der Waals surface area contributed by atoms with E-state index in [1.807, 2.05) is 0 Å². The first-order chi connectivity index (χ1) is 13.7. The van der Waals surface area contributed by atoms with Crippen molar-refractivity contribution >= 4 is 0 Å². The first-order valence-electron chi connectivity index (χ1n) is 12.8. The van der Waals surface area contributed by atoms with Gasteiger partial charge in [-0.1, -0.05) is 104 Å². The SMILES string of the molecule is CCCCCCCCn1cc[n+](CCCCCCCCCCCCC(C)C)c1. The third-order valence-electron chi connectivity index (χ3n) is 5.96. The van der Waals surface area contributed by atoms with E-state index in [2.05, 4.69) is 48.6 Å². The van der Waals surface area contributed by atoms with Crippen molar-refractivity contribution in [2.24, 2.45) is 5.92 Å². The standard InChI is InChI=1S/C26H51N2/c1-4-5-6-7-15-18-21-27-23-24-28(25-27)22-19-16-13-11-9-8-10-12-14-17-20-26(2)3/h23-26H,4-22H2,1-3H3/q+1. The zero-order valence-electron chi connectivity index (χ0n) is 19.6. The summed E-state index contributed by atoms with van der Waals surface area (Å²) in [5.41, 5.74) is 0. The average molecular weight is 392 g/mol. The van der Waals surface area contributed by atoms with Gasteiger partial charge in [0.05, 0.1) is 13.1 Å². The molecule has 2 heteroatoms. The van der Waals surface area contributed by atoms with Crippen molar-refractivity contribution in [3.63, 3.8) is 0 Å². The molecule has 0 radical (unpaired) electrons. The molecule has 28 heavy (non-hydrogen) atoms. The number of aromatic nitrogens is 2. The first kappa shape index (κ1) is 25.2. The van der Waals surface area contributed by atoms with Gasteiger partial charge in [-0.25, -0.2) is 9.13 Å². The Morgan fingerprint density at radius 2 is 1.21 bits per heavy atom. The Bertz CT molecular complexity index is 435. The topological polar surface area (TPSA) is 8.81 Å². The van der Waals surface area contributed by atoms with Gasteiger partial charge in [-0.2, -0.15) is 0 Å². The molecule has 0 bridgehead atoms. The summed E-state index contributed by atoms with van der Waals surface area (Å²) >= 11 is 0. The predicted molar refractivity (Wildman–Crippen MR) is 124 cm³/mol. The minimum atomic E-state index is 0.886. The van der Waals surface area contributed by atoms with Gasteiger partial charge < -0.3 is 0 Å². The minimum Gasteiger partial charge on any atom is -0.237 e. The fourth-order valence-electron chi connectivity index (χ4n) is 4.04. The van der Waals surface area contributed by atoms with Crippen molar-refractivity contribution in [1.29, 1.82) is 0 Å². The van der Waals surface area contributed by atoms with Crippen LogP contribution >= 0.6 is 0 Å². The van der Waals surface area contributed by atoms with Gasteiger partial charge in [0.15, 0.2) is 0 Å². The van der Waals surface area contributed by atoms with E-state index in [1.165, 1.54) is 122 Å². The molecule has 0 saturated carbocycles. The van der Waals surface area contributed by atoms with Gasteiger partial charge in [-0.15, -0.1) is 0 Å². The summed E-state index contributed by atoms with van der Waals surface area (Å²) in [6.07, 6.45) is 30.8. The fourth-order valence-corrected chi connectivity index (χ4v) is 4.04.